The molecule has 0 saturated heterocycles. The van der Waals surface area contributed by atoms with Crippen LogP contribution in [0.3, 0.4) is 0 Å². The minimum absolute atomic E-state index is 0. The van der Waals surface area contributed by atoms with Crippen LogP contribution < -0.4 is 14.7 Å². The average Bonchev–Trinajstić information content (AvgIpc) is 3.44. The first kappa shape index (κ1) is 72.2. The minimum atomic E-state index is 0. The highest BCUT2D eigenvalue weighted by Gasteiger charge is 2.23. The summed E-state index contributed by atoms with van der Waals surface area (Å²) in [6.45, 7) is 27.6. The Morgan fingerprint density at radius 1 is 0.459 bits per heavy atom. The molecule has 0 N–H and O–H groups in total. The smallest absolute Gasteiger partial charge is 0.373 e. The van der Waals surface area contributed by atoms with Crippen LogP contribution in [0.15, 0.2) is 142 Å². The van der Waals surface area contributed by atoms with Crippen molar-refractivity contribution in [2.24, 2.45) is 0 Å². The van der Waals surface area contributed by atoms with Gasteiger partial charge in [0.15, 0.2) is 0 Å². The maximum atomic E-state index is 10.2. The number of rotatable bonds is 10. The average molecular weight is 1150 g/mol. The first-order chi connectivity index (χ1) is 35.4. The molecule has 74 heavy (non-hydrogen) atoms. The molecule has 3 aliphatic heterocycles. The van der Waals surface area contributed by atoms with E-state index in [1.807, 2.05) is 83.1 Å². The first-order valence-electron chi connectivity index (χ1n) is 25.6. The van der Waals surface area contributed by atoms with Gasteiger partial charge in [-0.2, -0.15) is 9.59 Å². The molecule has 0 spiro atoms. The van der Waals surface area contributed by atoms with Gasteiger partial charge in [-0.15, -0.1) is 0 Å². The van der Waals surface area contributed by atoms with Crippen molar-refractivity contribution in [3.05, 3.63) is 176 Å². The number of hydrogen-bond acceptors (Lipinski definition) is 9. The number of carbonyl (C=O) groups excluding carboxylic acids is 4. The van der Waals surface area contributed by atoms with Gasteiger partial charge in [-0.3, -0.25) is 14.3 Å². The molecule has 0 saturated carbocycles. The Morgan fingerprint density at radius 2 is 0.716 bits per heavy atom. The molecular formula is C62H88Br2FN3O6. The van der Waals surface area contributed by atoms with Crippen LogP contribution in [0.1, 0.15) is 138 Å². The maximum absolute atomic E-state index is 10.2. The molecule has 0 aliphatic carbocycles. The third-order valence-corrected chi connectivity index (χ3v) is 11.5. The highest BCUT2D eigenvalue weighted by atomic mass is 79.9. The Labute approximate surface area is 463 Å². The molecule has 12 heteroatoms. The lowest BCUT2D eigenvalue weighted by atomic mass is 9.95. The van der Waals surface area contributed by atoms with Gasteiger partial charge in [0, 0.05) is 83.9 Å². The van der Waals surface area contributed by atoms with E-state index in [1.165, 1.54) is 67.5 Å². The summed E-state index contributed by atoms with van der Waals surface area (Å²) in [4.78, 5) is 43.6. The summed E-state index contributed by atoms with van der Waals surface area (Å²) in [7, 11) is 2.13. The number of halogens is 3. The molecule has 0 bridgehead atoms. The zero-order valence-electron chi connectivity index (χ0n) is 45.7. The van der Waals surface area contributed by atoms with E-state index in [4.69, 9.17) is 19.1 Å². The summed E-state index contributed by atoms with van der Waals surface area (Å²) < 4.78 is 11.9. The van der Waals surface area contributed by atoms with Gasteiger partial charge in [0.05, 0.1) is 13.2 Å². The second-order valence-electron chi connectivity index (χ2n) is 14.2. The van der Waals surface area contributed by atoms with Crippen LogP contribution in [0.5, 0.6) is 0 Å². The quantitative estimate of drug-likeness (QED) is 0.0981. The molecule has 0 radical (unpaired) electrons. The van der Waals surface area contributed by atoms with Gasteiger partial charge < -0.3 is 24.2 Å². The standard InChI is InChI=1S/C17H16BrNO2.C17H17NO2.C14H12BrN.6C2H6.CO2.CH4.FH.H2/c18-15-6-7-17-14(11-15)10-13-4-1-2-5-16(13)19(17)8-3-9-21-12-20;19-13-20-11-5-10-18-16-8-3-1-6-14(16)12-15-7-2-4-9-17(15)18;1-16-13-5-3-2-4-10(13)8-11-9-12(15)6-7-14(11)16;6*1-2;2-1-3;;;/h1-2,4-7,11-12H,3,8-10H2;1-4,6-9,13H,5,10-12H2;2-7,9H,8H2,1H3;6*1-2H3;;1H4;2*1H. The second-order valence-corrected chi connectivity index (χ2v) is 16.0. The van der Waals surface area contributed by atoms with E-state index in [0.29, 0.717) is 26.2 Å². The molecule has 9 rings (SSSR count). The Morgan fingerprint density at radius 3 is 1.07 bits per heavy atom. The molecule has 9 nitrogen and oxygen atoms in total. The summed E-state index contributed by atoms with van der Waals surface area (Å²) in [5.41, 5.74) is 15.8. The van der Waals surface area contributed by atoms with E-state index in [0.717, 1.165) is 54.1 Å². The summed E-state index contributed by atoms with van der Waals surface area (Å²) in [6.07, 6.45) is 4.83. The van der Waals surface area contributed by atoms with Crippen molar-refractivity contribution in [2.45, 2.75) is 123 Å². The van der Waals surface area contributed by atoms with E-state index in [2.05, 4.69) is 187 Å². The number of para-hydroxylation sites is 4. The highest BCUT2D eigenvalue weighted by Crippen LogP contribution is 2.41. The van der Waals surface area contributed by atoms with E-state index in [1.54, 1.807) is 0 Å². The fourth-order valence-electron chi connectivity index (χ4n) is 7.94. The topological polar surface area (TPSA) is 96.5 Å². The van der Waals surface area contributed by atoms with Crippen molar-refractivity contribution in [3.8, 4) is 0 Å². The summed E-state index contributed by atoms with van der Waals surface area (Å²) in [5.74, 6) is 0. The van der Waals surface area contributed by atoms with Crippen LogP contribution in [0.25, 0.3) is 0 Å². The number of fused-ring (bicyclic) bond motifs is 6. The second kappa shape index (κ2) is 44.4. The highest BCUT2D eigenvalue weighted by molar-refractivity contribution is 9.10. The first-order valence-corrected chi connectivity index (χ1v) is 27.2. The van der Waals surface area contributed by atoms with Crippen LogP contribution in [0.4, 0.5) is 38.8 Å². The third kappa shape index (κ3) is 22.2. The third-order valence-electron chi connectivity index (χ3n) is 10.5. The lowest BCUT2D eigenvalue weighted by molar-refractivity contribution is -0.191. The molecule has 3 heterocycles. The number of hydrogen-bond donors (Lipinski definition) is 0. The Hall–Kier alpha value is -6.07. The zero-order valence-corrected chi connectivity index (χ0v) is 48.8. The maximum Gasteiger partial charge on any atom is 0.373 e. The van der Waals surface area contributed by atoms with Crippen LogP contribution in [-0.2, 0) is 47.9 Å². The molecule has 0 aromatic heterocycles. The molecule has 408 valence electrons. The van der Waals surface area contributed by atoms with Crippen molar-refractivity contribution < 1.29 is 34.8 Å². The van der Waals surface area contributed by atoms with Gasteiger partial charge in [0.2, 0.25) is 0 Å². The molecule has 0 unspecified atom stereocenters. The van der Waals surface area contributed by atoms with Crippen LogP contribution in [0.2, 0.25) is 0 Å². The summed E-state index contributed by atoms with van der Waals surface area (Å²) >= 11 is 7.08. The predicted octanol–water partition coefficient (Wildman–Crippen LogP) is 18.1. The fraction of sp³-hybridized carbons (Fsp3) is 0.371. The number of carbonyl (C=O) groups is 2. The van der Waals surface area contributed by atoms with Crippen LogP contribution in [0, 0.1) is 0 Å². The molecule has 6 aromatic rings. The molecule has 0 atom stereocenters. The van der Waals surface area contributed by atoms with E-state index in [-0.39, 0.29) is 19.7 Å². The summed E-state index contributed by atoms with van der Waals surface area (Å²) in [6, 6.07) is 46.9. The van der Waals surface area contributed by atoms with Crippen molar-refractivity contribution in [2.75, 3.05) is 48.1 Å². The van der Waals surface area contributed by atoms with E-state index >= 15 is 0 Å². The van der Waals surface area contributed by atoms with E-state index < -0.39 is 0 Å². The largest absolute Gasteiger partial charge is 0.468 e. The van der Waals surface area contributed by atoms with Crippen molar-refractivity contribution in [1.82, 2.24) is 0 Å². The van der Waals surface area contributed by atoms with Gasteiger partial charge in [-0.25, -0.2) is 0 Å². The predicted molar refractivity (Wildman–Crippen MR) is 322 cm³/mol. The normalized spacial score (nSPS) is 10.4. The van der Waals surface area contributed by atoms with Gasteiger partial charge in [0.1, 0.15) is 0 Å². The Kier molecular flexibility index (Phi) is 43.3. The Balaban J connectivity index is -0.000000441. The van der Waals surface area contributed by atoms with Crippen LogP contribution >= 0.6 is 31.9 Å². The molecule has 0 amide bonds. The zero-order chi connectivity index (χ0) is 54.3. The Bertz CT molecular complexity index is 2410. The lowest BCUT2D eigenvalue weighted by Gasteiger charge is -2.33. The van der Waals surface area contributed by atoms with Crippen molar-refractivity contribution in [1.29, 1.82) is 0 Å². The van der Waals surface area contributed by atoms with E-state index in [9.17, 15) is 9.59 Å². The summed E-state index contributed by atoms with van der Waals surface area (Å²) in [5, 5.41) is 0. The molecule has 6 aromatic carbocycles. The van der Waals surface area contributed by atoms with Gasteiger partial charge >= 0.3 is 6.15 Å². The van der Waals surface area contributed by atoms with Gasteiger partial charge in [0.25, 0.3) is 12.9 Å². The number of benzene rings is 6. The minimum Gasteiger partial charge on any atom is -0.468 e. The molecule has 3 aliphatic rings. The number of anilines is 6. The number of ether oxygens (including phenoxy) is 2. The fourth-order valence-corrected chi connectivity index (χ4v) is 8.75. The number of nitrogens with zero attached hydrogens (tertiary/aromatic N) is 3. The molecule has 0 fully saturated rings. The monoisotopic (exact) mass is 1150 g/mol. The lowest BCUT2D eigenvalue weighted by Crippen LogP contribution is -2.25. The van der Waals surface area contributed by atoms with Gasteiger partial charge in [-0.1, -0.05) is 195 Å². The van der Waals surface area contributed by atoms with Crippen molar-refractivity contribution in [3.63, 3.8) is 0 Å². The van der Waals surface area contributed by atoms with Crippen LogP contribution in [-0.4, -0.2) is 52.4 Å². The van der Waals surface area contributed by atoms with Crippen molar-refractivity contribution >= 4 is 85.1 Å². The SMILES string of the molecule is C.CC.CC.CC.CC.CC.CC.CN1c2ccccc2Cc2cc(Br)ccc21.F.O=C=O.O=COCCCN1c2ccccc2Cc2cc(Br)ccc21.O=COCCCN1c2ccccc2Cc2ccccc21.[HH]. The molecular weight excluding hydrogens is 1060 g/mol. The van der Waals surface area contributed by atoms with Gasteiger partial charge in [-0.05, 0) is 107 Å².